The maximum atomic E-state index is 12.3. The first-order valence-electron chi connectivity index (χ1n) is 9.13. The molecule has 0 bridgehead atoms. The van der Waals surface area contributed by atoms with Crippen LogP contribution in [0.3, 0.4) is 0 Å². The van der Waals surface area contributed by atoms with E-state index in [0.717, 1.165) is 5.57 Å². The minimum Gasteiger partial charge on any atom is -0.477 e. The van der Waals surface area contributed by atoms with Crippen molar-refractivity contribution in [2.45, 2.75) is 38.3 Å². The van der Waals surface area contributed by atoms with E-state index in [-0.39, 0.29) is 41.7 Å². The van der Waals surface area contributed by atoms with Gasteiger partial charge in [0.05, 0.1) is 24.5 Å². The van der Waals surface area contributed by atoms with Gasteiger partial charge in [0.1, 0.15) is 11.5 Å². The molecule has 0 spiro atoms. The van der Waals surface area contributed by atoms with Crippen molar-refractivity contribution in [2.75, 3.05) is 27.2 Å². The number of carboxylic acids is 1. The van der Waals surface area contributed by atoms with Crippen LogP contribution in [0, 0.1) is 17.2 Å². The number of carboxylic acid groups (broad SMARTS) is 1. The molecule has 0 aromatic carbocycles. The number of amidine groups is 1. The van der Waals surface area contributed by atoms with Crippen LogP contribution in [0.15, 0.2) is 11.3 Å². The molecule has 0 aromatic heterocycles. The number of likely N-dealkylation sites (tertiary alicyclic amines) is 1. The number of hydrogen-bond acceptors (Lipinski definition) is 5. The van der Waals surface area contributed by atoms with Gasteiger partial charge in [-0.25, -0.2) is 4.79 Å². The SMILES string of the molecule is C[C@@H](O)[C@H]1C(=O)N2C(C(=O)O)=C([C@@H]3CCN(C(=N)CC(=O)N(C)C)C3)C[C@H]12. The summed E-state index contributed by atoms with van der Waals surface area (Å²) in [5.41, 5.74) is 0.767. The van der Waals surface area contributed by atoms with Crippen molar-refractivity contribution in [3.05, 3.63) is 11.3 Å². The normalized spacial score (nSPS) is 28.1. The molecular formula is C18H26N4O5. The van der Waals surface area contributed by atoms with E-state index in [9.17, 15) is 24.6 Å². The predicted molar refractivity (Wildman–Crippen MR) is 95.8 cm³/mol. The van der Waals surface area contributed by atoms with Gasteiger partial charge in [-0.2, -0.15) is 0 Å². The van der Waals surface area contributed by atoms with Crippen LogP contribution in [0.2, 0.25) is 0 Å². The maximum absolute atomic E-state index is 12.3. The Bertz CT molecular complexity index is 729. The monoisotopic (exact) mass is 378 g/mol. The number of aliphatic hydroxyl groups excluding tert-OH is 1. The first kappa shape index (κ1) is 19.3. The zero-order valence-corrected chi connectivity index (χ0v) is 15.8. The summed E-state index contributed by atoms with van der Waals surface area (Å²) in [6, 6.07) is -0.289. The molecule has 3 aliphatic rings. The van der Waals surface area contributed by atoms with E-state index < -0.39 is 18.0 Å². The molecule has 2 amide bonds. The lowest BCUT2D eigenvalue weighted by Crippen LogP contribution is -2.61. The first-order valence-corrected chi connectivity index (χ1v) is 9.13. The number of hydrogen-bond donors (Lipinski definition) is 3. The van der Waals surface area contributed by atoms with Gasteiger partial charge in [-0.3, -0.25) is 15.0 Å². The smallest absolute Gasteiger partial charge is 0.352 e. The second kappa shape index (κ2) is 6.95. The standard InChI is InChI=1S/C18H26N4O5/c1-9(23)15-12-6-11(16(18(26)27)22(12)17(15)25)10-4-5-21(8-10)13(19)7-14(24)20(2)3/h9-10,12,15,19,23H,4-8H2,1-3H3,(H,26,27)/t9-,10-,12-,15-/m1/s1. The van der Waals surface area contributed by atoms with Gasteiger partial charge in [-0.05, 0) is 25.3 Å². The maximum Gasteiger partial charge on any atom is 0.352 e. The number of carbonyl (C=O) groups excluding carboxylic acids is 2. The summed E-state index contributed by atoms with van der Waals surface area (Å²) in [4.78, 5) is 40.5. The fraction of sp³-hybridized carbons (Fsp3) is 0.667. The summed E-state index contributed by atoms with van der Waals surface area (Å²) < 4.78 is 0. The zero-order chi connectivity index (χ0) is 20.0. The molecule has 0 aromatic rings. The molecule has 0 aliphatic carbocycles. The molecule has 0 radical (unpaired) electrons. The van der Waals surface area contributed by atoms with Crippen molar-refractivity contribution in [1.29, 1.82) is 5.41 Å². The second-order valence-electron chi connectivity index (χ2n) is 7.77. The van der Waals surface area contributed by atoms with Crippen LogP contribution in [0.4, 0.5) is 0 Å². The van der Waals surface area contributed by atoms with E-state index in [1.54, 1.807) is 21.0 Å². The largest absolute Gasteiger partial charge is 0.477 e. The van der Waals surface area contributed by atoms with Crippen LogP contribution in [-0.2, 0) is 14.4 Å². The van der Waals surface area contributed by atoms with Crippen molar-refractivity contribution in [1.82, 2.24) is 14.7 Å². The van der Waals surface area contributed by atoms with Gasteiger partial charge in [0.25, 0.3) is 0 Å². The number of nitrogens with zero attached hydrogens (tertiary/aromatic N) is 3. The average molecular weight is 378 g/mol. The Morgan fingerprint density at radius 3 is 2.59 bits per heavy atom. The summed E-state index contributed by atoms with van der Waals surface area (Å²) in [6.07, 6.45) is 0.338. The Labute approximate surface area is 157 Å². The van der Waals surface area contributed by atoms with Crippen LogP contribution in [0.5, 0.6) is 0 Å². The number of aliphatic hydroxyl groups is 1. The van der Waals surface area contributed by atoms with E-state index in [4.69, 9.17) is 5.41 Å². The first-order chi connectivity index (χ1) is 12.6. The number of amides is 2. The lowest BCUT2D eigenvalue weighted by Gasteiger charge is -2.44. The molecular weight excluding hydrogens is 352 g/mol. The van der Waals surface area contributed by atoms with Crippen molar-refractivity contribution in [2.24, 2.45) is 11.8 Å². The van der Waals surface area contributed by atoms with E-state index >= 15 is 0 Å². The highest BCUT2D eigenvalue weighted by atomic mass is 16.4. The highest BCUT2D eigenvalue weighted by Gasteiger charge is 2.57. The van der Waals surface area contributed by atoms with Gasteiger partial charge < -0.3 is 24.9 Å². The number of carbonyl (C=O) groups is 3. The average Bonchev–Trinajstić information content (AvgIpc) is 3.16. The van der Waals surface area contributed by atoms with E-state index in [1.165, 1.54) is 9.80 Å². The number of nitrogens with one attached hydrogen (secondary N) is 1. The Kier molecular flexibility index (Phi) is 4.98. The molecule has 3 rings (SSSR count). The van der Waals surface area contributed by atoms with Crippen molar-refractivity contribution >= 4 is 23.6 Å². The Morgan fingerprint density at radius 2 is 2.04 bits per heavy atom. The summed E-state index contributed by atoms with van der Waals surface area (Å²) in [6.45, 7) is 2.61. The predicted octanol–water partition coefficient (Wildman–Crippen LogP) is -0.286. The quantitative estimate of drug-likeness (QED) is 0.343. The zero-order valence-electron chi connectivity index (χ0n) is 15.8. The molecule has 9 heteroatoms. The second-order valence-corrected chi connectivity index (χ2v) is 7.77. The van der Waals surface area contributed by atoms with Gasteiger partial charge in [0, 0.05) is 33.1 Å². The summed E-state index contributed by atoms with van der Waals surface area (Å²) in [5, 5.41) is 27.6. The van der Waals surface area contributed by atoms with Gasteiger partial charge in [0.15, 0.2) is 0 Å². The van der Waals surface area contributed by atoms with Crippen LogP contribution in [0.1, 0.15) is 26.2 Å². The molecule has 3 N–H and O–H groups in total. The van der Waals surface area contributed by atoms with Crippen molar-refractivity contribution in [3.8, 4) is 0 Å². The van der Waals surface area contributed by atoms with Gasteiger partial charge in [-0.15, -0.1) is 0 Å². The number of fused-ring (bicyclic) bond motifs is 1. The van der Waals surface area contributed by atoms with Gasteiger partial charge in [-0.1, -0.05) is 0 Å². The fourth-order valence-electron chi connectivity index (χ4n) is 4.37. The summed E-state index contributed by atoms with van der Waals surface area (Å²) in [5.74, 6) is -2.00. The summed E-state index contributed by atoms with van der Waals surface area (Å²) in [7, 11) is 3.29. The molecule has 2 saturated heterocycles. The number of aliphatic carboxylic acids is 1. The molecule has 148 valence electrons. The molecule has 4 atom stereocenters. The molecule has 3 aliphatic heterocycles. The number of rotatable bonds is 5. The van der Waals surface area contributed by atoms with Crippen molar-refractivity contribution in [3.63, 3.8) is 0 Å². The Balaban J connectivity index is 1.73. The van der Waals surface area contributed by atoms with Crippen molar-refractivity contribution < 1.29 is 24.6 Å². The highest BCUT2D eigenvalue weighted by Crippen LogP contribution is 2.47. The van der Waals surface area contributed by atoms with E-state index in [0.29, 0.717) is 25.9 Å². The lowest BCUT2D eigenvalue weighted by molar-refractivity contribution is -0.161. The third-order valence-corrected chi connectivity index (χ3v) is 5.85. The van der Waals surface area contributed by atoms with Crippen LogP contribution in [0.25, 0.3) is 0 Å². The van der Waals surface area contributed by atoms with Crippen LogP contribution >= 0.6 is 0 Å². The minimum atomic E-state index is -1.12. The Morgan fingerprint density at radius 1 is 1.37 bits per heavy atom. The van der Waals surface area contributed by atoms with E-state index in [1.807, 2.05) is 4.90 Å². The molecule has 2 fully saturated rings. The number of β-lactam (4-membered cyclic amide) rings is 1. The third-order valence-electron chi connectivity index (χ3n) is 5.85. The van der Waals surface area contributed by atoms with Crippen LogP contribution < -0.4 is 0 Å². The highest BCUT2D eigenvalue weighted by molar-refractivity contribution is 6.00. The minimum absolute atomic E-state index is 0.0158. The summed E-state index contributed by atoms with van der Waals surface area (Å²) >= 11 is 0. The molecule has 9 nitrogen and oxygen atoms in total. The van der Waals surface area contributed by atoms with Gasteiger partial charge in [0.2, 0.25) is 11.8 Å². The van der Waals surface area contributed by atoms with Gasteiger partial charge >= 0.3 is 5.97 Å². The fourth-order valence-corrected chi connectivity index (χ4v) is 4.37. The van der Waals surface area contributed by atoms with Crippen LogP contribution in [-0.4, -0.2) is 87.9 Å². The Hall–Kier alpha value is -2.42. The molecule has 0 saturated carbocycles. The van der Waals surface area contributed by atoms with E-state index in [2.05, 4.69) is 0 Å². The molecule has 3 heterocycles. The lowest BCUT2D eigenvalue weighted by atomic mass is 9.82. The molecule has 0 unspecified atom stereocenters. The molecule has 27 heavy (non-hydrogen) atoms. The topological polar surface area (TPSA) is 125 Å². The third kappa shape index (κ3) is 3.20.